The minimum Gasteiger partial charge on any atom is -0.478 e. The number of carbonyl (C=O) groups is 1. The van der Waals surface area contributed by atoms with Gasteiger partial charge in [0.2, 0.25) is 5.88 Å². The Morgan fingerprint density at radius 2 is 1.93 bits per heavy atom. The molecule has 0 atom stereocenters. The van der Waals surface area contributed by atoms with Crippen LogP contribution in [0, 0.1) is 5.82 Å². The Morgan fingerprint density at radius 3 is 2.62 bits per heavy atom. The summed E-state index contributed by atoms with van der Waals surface area (Å²) in [6.07, 6.45) is 2.37. The summed E-state index contributed by atoms with van der Waals surface area (Å²) in [5.74, 6) is -0.365. The summed E-state index contributed by atoms with van der Waals surface area (Å²) in [4.78, 5) is 18.2. The molecule has 0 bridgehead atoms. The SMILES string of the molecule is O=C(c1ccc(F)c(Cl)c1)N1CCC(F)(CCCCOc2cccc(Cl)n2)CC1. The zero-order valence-corrected chi connectivity index (χ0v) is 17.4. The molecule has 0 N–H and O–H groups in total. The van der Waals surface area contributed by atoms with Gasteiger partial charge in [0, 0.05) is 24.7 Å². The predicted molar refractivity (Wildman–Crippen MR) is 109 cm³/mol. The molecular weight excluding hydrogens is 421 g/mol. The second-order valence-electron chi connectivity index (χ2n) is 7.18. The number of piperidine rings is 1. The third kappa shape index (κ3) is 6.03. The Morgan fingerprint density at radius 1 is 1.17 bits per heavy atom. The van der Waals surface area contributed by atoms with E-state index >= 15 is 4.39 Å². The van der Waals surface area contributed by atoms with Crippen molar-refractivity contribution in [3.05, 3.63) is 58.0 Å². The number of hydrogen-bond acceptors (Lipinski definition) is 3. The molecule has 0 aliphatic carbocycles. The van der Waals surface area contributed by atoms with E-state index < -0.39 is 11.5 Å². The first-order valence-electron chi connectivity index (χ1n) is 9.55. The van der Waals surface area contributed by atoms with Gasteiger partial charge in [-0.2, -0.15) is 0 Å². The number of ether oxygens (including phenoxy) is 1. The summed E-state index contributed by atoms with van der Waals surface area (Å²) < 4.78 is 33.8. The van der Waals surface area contributed by atoms with Crippen LogP contribution in [-0.4, -0.2) is 41.2 Å². The zero-order chi connectivity index (χ0) is 20.9. The van der Waals surface area contributed by atoms with Crippen molar-refractivity contribution < 1.29 is 18.3 Å². The molecule has 1 fully saturated rings. The molecule has 1 aromatic carbocycles. The van der Waals surface area contributed by atoms with Gasteiger partial charge < -0.3 is 9.64 Å². The van der Waals surface area contributed by atoms with Crippen LogP contribution < -0.4 is 4.74 Å². The van der Waals surface area contributed by atoms with Crippen LogP contribution in [0.4, 0.5) is 8.78 Å². The molecule has 29 heavy (non-hydrogen) atoms. The van der Waals surface area contributed by atoms with E-state index in [1.807, 2.05) is 0 Å². The molecule has 2 aromatic rings. The molecule has 0 spiro atoms. The summed E-state index contributed by atoms with van der Waals surface area (Å²) in [6.45, 7) is 1.10. The van der Waals surface area contributed by atoms with Crippen molar-refractivity contribution in [3.63, 3.8) is 0 Å². The third-order valence-electron chi connectivity index (χ3n) is 5.07. The number of pyridine rings is 1. The van der Waals surface area contributed by atoms with Crippen LogP contribution >= 0.6 is 23.2 Å². The van der Waals surface area contributed by atoms with Gasteiger partial charge in [0.15, 0.2) is 0 Å². The van der Waals surface area contributed by atoms with E-state index in [9.17, 15) is 9.18 Å². The fraction of sp³-hybridized carbons (Fsp3) is 0.429. The molecular formula is C21H22Cl2F2N2O2. The summed E-state index contributed by atoms with van der Waals surface area (Å²) in [5, 5.41) is 0.275. The number of benzene rings is 1. The summed E-state index contributed by atoms with van der Waals surface area (Å²) in [7, 11) is 0. The Kier molecular flexibility index (Phi) is 7.30. The van der Waals surface area contributed by atoms with Crippen LogP contribution in [0.1, 0.15) is 42.5 Å². The minimum absolute atomic E-state index is 0.0945. The van der Waals surface area contributed by atoms with Crippen LogP contribution in [-0.2, 0) is 0 Å². The molecule has 4 nitrogen and oxygen atoms in total. The highest BCUT2D eigenvalue weighted by Crippen LogP contribution is 2.32. The summed E-state index contributed by atoms with van der Waals surface area (Å²) in [6, 6.07) is 9.03. The number of likely N-dealkylation sites (tertiary alicyclic amines) is 1. The Bertz CT molecular complexity index is 858. The molecule has 0 unspecified atom stereocenters. The lowest BCUT2D eigenvalue weighted by molar-refractivity contribution is 0.0382. The number of alkyl halides is 1. The molecule has 1 aliphatic rings. The number of amides is 1. The van der Waals surface area contributed by atoms with Gasteiger partial charge in [0.05, 0.1) is 11.6 Å². The fourth-order valence-electron chi connectivity index (χ4n) is 3.36. The lowest BCUT2D eigenvalue weighted by Gasteiger charge is -2.36. The first-order valence-corrected chi connectivity index (χ1v) is 10.3. The van der Waals surface area contributed by atoms with Crippen molar-refractivity contribution in [2.24, 2.45) is 0 Å². The maximum absolute atomic E-state index is 15.1. The van der Waals surface area contributed by atoms with Crippen LogP contribution in [0.3, 0.4) is 0 Å². The molecule has 1 amide bonds. The predicted octanol–water partition coefficient (Wildman–Crippen LogP) is 5.72. The minimum atomic E-state index is -1.29. The number of aromatic nitrogens is 1. The molecule has 3 rings (SSSR count). The standard InChI is InChI=1S/C21H22Cl2F2N2O2/c22-16-14-15(6-7-17(16)24)20(28)27-11-9-21(25,10-12-27)8-1-2-13-29-19-5-3-4-18(23)26-19/h3-7,14H,1-2,8-13H2. The quantitative estimate of drug-likeness (QED) is 0.406. The first-order chi connectivity index (χ1) is 13.9. The zero-order valence-electron chi connectivity index (χ0n) is 15.8. The number of rotatable bonds is 7. The van der Waals surface area contributed by atoms with E-state index in [-0.39, 0.29) is 23.8 Å². The highest BCUT2D eigenvalue weighted by atomic mass is 35.5. The van der Waals surface area contributed by atoms with Crippen molar-refractivity contribution in [2.45, 2.75) is 37.8 Å². The fourth-order valence-corrected chi connectivity index (χ4v) is 3.70. The largest absolute Gasteiger partial charge is 0.478 e. The van der Waals surface area contributed by atoms with Crippen LogP contribution in [0.25, 0.3) is 0 Å². The lowest BCUT2D eigenvalue weighted by Crippen LogP contribution is -2.44. The van der Waals surface area contributed by atoms with E-state index in [1.165, 1.54) is 18.2 Å². The van der Waals surface area contributed by atoms with Crippen LogP contribution in [0.5, 0.6) is 5.88 Å². The molecule has 8 heteroatoms. The van der Waals surface area contributed by atoms with Gasteiger partial charge in [-0.15, -0.1) is 0 Å². The number of hydrogen-bond donors (Lipinski definition) is 0. The Labute approximate surface area is 178 Å². The van der Waals surface area contributed by atoms with Crippen molar-refractivity contribution in [3.8, 4) is 5.88 Å². The lowest BCUT2D eigenvalue weighted by atomic mass is 9.88. The second-order valence-corrected chi connectivity index (χ2v) is 7.97. The van der Waals surface area contributed by atoms with E-state index in [4.69, 9.17) is 27.9 Å². The van der Waals surface area contributed by atoms with Crippen molar-refractivity contribution in [2.75, 3.05) is 19.7 Å². The van der Waals surface area contributed by atoms with E-state index in [0.29, 0.717) is 55.6 Å². The third-order valence-corrected chi connectivity index (χ3v) is 5.57. The molecule has 2 heterocycles. The average molecular weight is 443 g/mol. The van der Waals surface area contributed by atoms with Gasteiger partial charge in [-0.3, -0.25) is 4.79 Å². The smallest absolute Gasteiger partial charge is 0.253 e. The topological polar surface area (TPSA) is 42.4 Å². The monoisotopic (exact) mass is 442 g/mol. The number of nitrogens with zero attached hydrogens (tertiary/aromatic N) is 2. The van der Waals surface area contributed by atoms with Gasteiger partial charge >= 0.3 is 0 Å². The average Bonchev–Trinajstić information content (AvgIpc) is 2.70. The van der Waals surface area contributed by atoms with Crippen LogP contribution in [0.2, 0.25) is 10.2 Å². The molecule has 0 radical (unpaired) electrons. The molecule has 0 saturated carbocycles. The second kappa shape index (κ2) is 9.72. The van der Waals surface area contributed by atoms with E-state index in [1.54, 1.807) is 23.1 Å². The summed E-state index contributed by atoms with van der Waals surface area (Å²) in [5.41, 5.74) is -0.972. The summed E-state index contributed by atoms with van der Waals surface area (Å²) >= 11 is 11.5. The van der Waals surface area contributed by atoms with Crippen molar-refractivity contribution in [1.82, 2.24) is 9.88 Å². The molecule has 156 valence electrons. The molecule has 1 aliphatic heterocycles. The van der Waals surface area contributed by atoms with E-state index in [0.717, 1.165) is 0 Å². The number of unbranched alkanes of at least 4 members (excludes halogenated alkanes) is 1. The maximum Gasteiger partial charge on any atom is 0.253 e. The van der Waals surface area contributed by atoms with Gasteiger partial charge in [0.1, 0.15) is 16.6 Å². The van der Waals surface area contributed by atoms with Gasteiger partial charge in [0.25, 0.3) is 5.91 Å². The highest BCUT2D eigenvalue weighted by Gasteiger charge is 2.35. The van der Waals surface area contributed by atoms with Gasteiger partial charge in [-0.25, -0.2) is 13.8 Å². The number of halogens is 4. The first kappa shape index (κ1) is 21.8. The maximum atomic E-state index is 15.1. The van der Waals surface area contributed by atoms with Gasteiger partial charge in [-0.1, -0.05) is 29.3 Å². The number of carbonyl (C=O) groups excluding carboxylic acids is 1. The Hall–Kier alpha value is -1.92. The van der Waals surface area contributed by atoms with Gasteiger partial charge in [-0.05, 0) is 56.4 Å². The van der Waals surface area contributed by atoms with Crippen molar-refractivity contribution in [1.29, 1.82) is 0 Å². The van der Waals surface area contributed by atoms with Crippen molar-refractivity contribution >= 4 is 29.1 Å². The molecule has 1 saturated heterocycles. The Balaban J connectivity index is 1.40. The molecule has 1 aromatic heterocycles. The van der Waals surface area contributed by atoms with Crippen LogP contribution in [0.15, 0.2) is 36.4 Å². The normalized spacial score (nSPS) is 15.9. The highest BCUT2D eigenvalue weighted by molar-refractivity contribution is 6.31. The van der Waals surface area contributed by atoms with E-state index in [2.05, 4.69) is 4.98 Å².